The van der Waals surface area contributed by atoms with Crippen LogP contribution in [-0.4, -0.2) is 67.0 Å². The molecule has 1 aliphatic carbocycles. The van der Waals surface area contributed by atoms with Crippen LogP contribution in [-0.2, 0) is 32.1 Å². The summed E-state index contributed by atoms with van der Waals surface area (Å²) in [5, 5.41) is 8.58. The van der Waals surface area contributed by atoms with Crippen molar-refractivity contribution in [1.29, 1.82) is 0 Å². The van der Waals surface area contributed by atoms with Crippen LogP contribution in [0.15, 0.2) is 66.7 Å². The summed E-state index contributed by atoms with van der Waals surface area (Å²) in [6, 6.07) is 21.9. The number of esters is 1. The summed E-state index contributed by atoms with van der Waals surface area (Å²) in [5.41, 5.74) is 3.50. The van der Waals surface area contributed by atoms with Crippen molar-refractivity contribution in [1.82, 2.24) is 15.5 Å². The van der Waals surface area contributed by atoms with Crippen molar-refractivity contribution in [2.24, 2.45) is 5.92 Å². The lowest BCUT2D eigenvalue weighted by Crippen LogP contribution is -2.50. The number of fused-ring (bicyclic) bond motifs is 2. The minimum Gasteiger partial charge on any atom is -0.467 e. The molecule has 3 aromatic carbocycles. The highest BCUT2D eigenvalue weighted by Gasteiger charge is 2.29. The number of aryl methyl sites for hydroxylation is 1. The molecule has 2 N–H and O–H groups in total. The molecule has 0 radical (unpaired) electrons. The Hall–Kier alpha value is -3.36. The van der Waals surface area contributed by atoms with Crippen molar-refractivity contribution >= 4 is 40.3 Å². The van der Waals surface area contributed by atoms with Gasteiger partial charge >= 0.3 is 5.97 Å². The zero-order valence-electron chi connectivity index (χ0n) is 26.5. The molecule has 0 saturated carbocycles. The van der Waals surface area contributed by atoms with Crippen LogP contribution in [0, 0.1) is 5.92 Å². The van der Waals surface area contributed by atoms with Crippen molar-refractivity contribution in [3.8, 4) is 0 Å². The van der Waals surface area contributed by atoms with Gasteiger partial charge in [-0.15, -0.1) is 0 Å². The number of rotatable bonds is 15. The standard InChI is InChI=1S/C36H47N3O4S/c1-25(2)21-29(37-35(41)32-18-10-14-27-12-6-8-17-31(27)32)23-39(22-28-15-9-13-26-11-5-7-16-30(26)28)24-34(40)38-33(19-20-44-4)36(42)43-3/h5-9,11-13,15-17,25,29,32-33H,10,14,18-24H2,1-4H3,(H,37,41)(H,38,40)/t29-,32?,33-/m0/s1. The summed E-state index contributed by atoms with van der Waals surface area (Å²) in [7, 11) is 1.34. The maximum Gasteiger partial charge on any atom is 0.328 e. The quantitative estimate of drug-likeness (QED) is 0.213. The summed E-state index contributed by atoms with van der Waals surface area (Å²) >= 11 is 1.62. The average molecular weight is 618 g/mol. The van der Waals surface area contributed by atoms with Crippen molar-refractivity contribution < 1.29 is 19.1 Å². The summed E-state index contributed by atoms with van der Waals surface area (Å²) in [6.07, 6.45) is 6.09. The Bertz CT molecular complexity index is 1410. The molecule has 3 atom stereocenters. The van der Waals surface area contributed by atoms with Gasteiger partial charge in [-0.3, -0.25) is 14.5 Å². The van der Waals surface area contributed by atoms with Crippen LogP contribution < -0.4 is 10.6 Å². The highest BCUT2D eigenvalue weighted by atomic mass is 32.2. The summed E-state index contributed by atoms with van der Waals surface area (Å²) in [4.78, 5) is 41.8. The third-order valence-electron chi connectivity index (χ3n) is 8.34. The third kappa shape index (κ3) is 9.32. The second kappa shape index (κ2) is 16.6. The Labute approximate surface area is 266 Å². The van der Waals surface area contributed by atoms with E-state index in [2.05, 4.69) is 65.8 Å². The Balaban J connectivity index is 1.57. The molecule has 7 nitrogen and oxygen atoms in total. The predicted molar refractivity (Wildman–Crippen MR) is 180 cm³/mol. The number of methoxy groups -OCH3 is 1. The lowest BCUT2D eigenvalue weighted by atomic mass is 9.82. The number of ether oxygens (including phenoxy) is 1. The van der Waals surface area contributed by atoms with Gasteiger partial charge in [0.2, 0.25) is 11.8 Å². The van der Waals surface area contributed by atoms with Crippen LogP contribution in [0.5, 0.6) is 0 Å². The number of nitrogens with zero attached hydrogens (tertiary/aromatic N) is 1. The summed E-state index contributed by atoms with van der Waals surface area (Å²) < 4.78 is 4.97. The first-order valence-corrected chi connectivity index (χ1v) is 17.1. The van der Waals surface area contributed by atoms with E-state index in [-0.39, 0.29) is 30.3 Å². The molecule has 0 heterocycles. The molecule has 3 aromatic rings. The van der Waals surface area contributed by atoms with E-state index in [0.29, 0.717) is 25.4 Å². The second-order valence-corrected chi connectivity index (χ2v) is 13.2. The summed E-state index contributed by atoms with van der Waals surface area (Å²) in [5.74, 6) is 0.291. The lowest BCUT2D eigenvalue weighted by Gasteiger charge is -2.32. The van der Waals surface area contributed by atoms with Gasteiger partial charge in [0.15, 0.2) is 0 Å². The molecule has 0 bridgehead atoms. The van der Waals surface area contributed by atoms with Crippen molar-refractivity contribution in [3.05, 3.63) is 83.4 Å². The van der Waals surface area contributed by atoms with Gasteiger partial charge in [-0.25, -0.2) is 4.79 Å². The van der Waals surface area contributed by atoms with E-state index in [1.165, 1.54) is 12.7 Å². The number of hydrogen-bond donors (Lipinski definition) is 2. The van der Waals surface area contributed by atoms with Gasteiger partial charge in [0.25, 0.3) is 0 Å². The number of carbonyl (C=O) groups excluding carboxylic acids is 3. The maximum atomic E-state index is 13.8. The van der Waals surface area contributed by atoms with Gasteiger partial charge in [-0.05, 0) is 77.5 Å². The van der Waals surface area contributed by atoms with E-state index in [4.69, 9.17) is 4.74 Å². The lowest BCUT2D eigenvalue weighted by molar-refractivity contribution is -0.145. The monoisotopic (exact) mass is 617 g/mol. The van der Waals surface area contributed by atoms with Crippen LogP contribution in [0.4, 0.5) is 0 Å². The number of hydrogen-bond acceptors (Lipinski definition) is 6. The Morgan fingerprint density at radius 1 is 1.00 bits per heavy atom. The molecule has 0 fully saturated rings. The smallest absolute Gasteiger partial charge is 0.328 e. The number of benzene rings is 3. The Morgan fingerprint density at radius 2 is 1.75 bits per heavy atom. The van der Waals surface area contributed by atoms with Crippen molar-refractivity contribution in [2.75, 3.05) is 32.2 Å². The van der Waals surface area contributed by atoms with E-state index in [9.17, 15) is 14.4 Å². The number of thioether (sulfide) groups is 1. The average Bonchev–Trinajstić information content (AvgIpc) is 3.02. The van der Waals surface area contributed by atoms with Gasteiger partial charge < -0.3 is 15.4 Å². The number of nitrogens with one attached hydrogen (secondary N) is 2. The fourth-order valence-electron chi connectivity index (χ4n) is 6.31. The zero-order valence-corrected chi connectivity index (χ0v) is 27.3. The molecule has 0 spiro atoms. The van der Waals surface area contributed by atoms with Gasteiger partial charge in [0.05, 0.1) is 19.6 Å². The zero-order chi connectivity index (χ0) is 31.5. The molecule has 4 rings (SSSR count). The molecule has 44 heavy (non-hydrogen) atoms. The normalized spacial score (nSPS) is 15.9. The molecule has 2 amide bonds. The van der Waals surface area contributed by atoms with Gasteiger partial charge in [-0.2, -0.15) is 11.8 Å². The van der Waals surface area contributed by atoms with Crippen molar-refractivity contribution in [3.63, 3.8) is 0 Å². The first-order valence-electron chi connectivity index (χ1n) is 15.7. The first-order chi connectivity index (χ1) is 21.3. The van der Waals surface area contributed by atoms with E-state index in [1.54, 1.807) is 11.8 Å². The van der Waals surface area contributed by atoms with Crippen molar-refractivity contribution in [2.45, 2.75) is 70.5 Å². The molecule has 0 saturated heterocycles. The summed E-state index contributed by atoms with van der Waals surface area (Å²) in [6.45, 7) is 5.43. The topological polar surface area (TPSA) is 87.7 Å². The van der Waals surface area contributed by atoms with Gasteiger partial charge in [0.1, 0.15) is 6.04 Å². The molecule has 236 valence electrons. The fourth-order valence-corrected chi connectivity index (χ4v) is 6.79. The van der Waals surface area contributed by atoms with Crippen LogP contribution in [0.25, 0.3) is 10.8 Å². The van der Waals surface area contributed by atoms with E-state index in [1.807, 2.05) is 36.6 Å². The number of amides is 2. The molecule has 1 aliphatic rings. The molecule has 1 unspecified atom stereocenters. The van der Waals surface area contributed by atoms with Crippen LogP contribution in [0.2, 0.25) is 0 Å². The second-order valence-electron chi connectivity index (χ2n) is 12.2. The van der Waals surface area contributed by atoms with E-state index < -0.39 is 12.0 Å². The van der Waals surface area contributed by atoms with Gasteiger partial charge in [-0.1, -0.05) is 80.6 Å². The minimum atomic E-state index is -0.697. The highest BCUT2D eigenvalue weighted by molar-refractivity contribution is 7.98. The molecular formula is C36H47N3O4S. The molecule has 0 aromatic heterocycles. The van der Waals surface area contributed by atoms with Crippen LogP contribution in [0.1, 0.15) is 62.1 Å². The Morgan fingerprint density at radius 3 is 2.52 bits per heavy atom. The van der Waals surface area contributed by atoms with E-state index in [0.717, 1.165) is 53.3 Å². The number of carbonyl (C=O) groups is 3. The molecule has 0 aliphatic heterocycles. The maximum absolute atomic E-state index is 13.8. The molecular weight excluding hydrogens is 570 g/mol. The minimum absolute atomic E-state index is 0.0557. The first kappa shape index (κ1) is 33.5. The van der Waals surface area contributed by atoms with Crippen LogP contribution >= 0.6 is 11.8 Å². The van der Waals surface area contributed by atoms with Gasteiger partial charge in [0, 0.05) is 19.1 Å². The largest absolute Gasteiger partial charge is 0.467 e. The Kier molecular flexibility index (Phi) is 12.7. The SMILES string of the molecule is COC(=O)[C@H](CCSC)NC(=O)CN(Cc1cccc2ccccc12)C[C@H](CC(C)C)NC(=O)C1CCCc2ccccc21. The fraction of sp³-hybridized carbons (Fsp3) is 0.472. The predicted octanol–water partition coefficient (Wildman–Crippen LogP) is 5.70. The molecule has 8 heteroatoms. The van der Waals surface area contributed by atoms with Crippen LogP contribution in [0.3, 0.4) is 0 Å². The third-order valence-corrected chi connectivity index (χ3v) is 8.98. The van der Waals surface area contributed by atoms with E-state index >= 15 is 0 Å². The highest BCUT2D eigenvalue weighted by Crippen LogP contribution is 2.32.